The zero-order valence-corrected chi connectivity index (χ0v) is 16.3. The Morgan fingerprint density at radius 3 is 2.39 bits per heavy atom. The van der Waals surface area contributed by atoms with Crippen LogP contribution in [0, 0.1) is 17.5 Å². The Balaban J connectivity index is 2.01. The van der Waals surface area contributed by atoms with Gasteiger partial charge in [-0.2, -0.15) is 0 Å². The Bertz CT molecular complexity index is 862. The number of carbonyl (C=O) groups excluding carboxylic acids is 1. The molecule has 1 heterocycles. The molecule has 28 heavy (non-hydrogen) atoms. The van der Waals surface area contributed by atoms with Crippen molar-refractivity contribution < 1.29 is 22.7 Å². The number of hydrogen-bond acceptors (Lipinski definition) is 2. The average Bonchev–Trinajstić information content (AvgIpc) is 2.64. The van der Waals surface area contributed by atoms with E-state index in [0.717, 1.165) is 6.07 Å². The largest absolute Gasteiger partial charge is 0.444 e. The van der Waals surface area contributed by atoms with Crippen molar-refractivity contribution in [2.45, 2.75) is 51.7 Å². The molecule has 3 nitrogen and oxygen atoms in total. The number of rotatable bonds is 2. The lowest BCUT2D eigenvalue weighted by atomic mass is 9.92. The summed E-state index contributed by atoms with van der Waals surface area (Å²) in [5, 5.41) is 0. The highest BCUT2D eigenvalue weighted by molar-refractivity contribution is 5.70. The first-order chi connectivity index (χ1) is 13.2. The summed E-state index contributed by atoms with van der Waals surface area (Å²) in [4.78, 5) is 13.9. The van der Waals surface area contributed by atoms with E-state index in [-0.39, 0.29) is 5.56 Å². The number of ether oxygens (including phenoxy) is 1. The number of halogens is 3. The summed E-state index contributed by atoms with van der Waals surface area (Å²) in [6, 6.07) is 8.36. The number of piperidine rings is 1. The molecule has 1 amide bonds. The smallest absolute Gasteiger partial charge is 0.410 e. The summed E-state index contributed by atoms with van der Waals surface area (Å²) in [6.45, 7) is 5.47. The number of benzene rings is 2. The fraction of sp³-hybridized carbons (Fsp3) is 0.409. The normalized spacial score (nSPS) is 17.5. The van der Waals surface area contributed by atoms with Crippen molar-refractivity contribution in [2.24, 2.45) is 0 Å². The van der Waals surface area contributed by atoms with Crippen molar-refractivity contribution in [1.29, 1.82) is 0 Å². The predicted molar refractivity (Wildman–Crippen MR) is 101 cm³/mol. The number of hydrogen-bond donors (Lipinski definition) is 0. The van der Waals surface area contributed by atoms with Crippen molar-refractivity contribution in [3.05, 3.63) is 59.4 Å². The maximum atomic E-state index is 15.0. The molecule has 2 aromatic carbocycles. The van der Waals surface area contributed by atoms with Crippen molar-refractivity contribution in [3.63, 3.8) is 0 Å². The maximum Gasteiger partial charge on any atom is 0.410 e. The van der Waals surface area contributed by atoms with E-state index in [1.807, 2.05) is 0 Å². The van der Waals surface area contributed by atoms with Crippen molar-refractivity contribution in [2.75, 3.05) is 6.54 Å². The van der Waals surface area contributed by atoms with Crippen LogP contribution >= 0.6 is 0 Å². The molecule has 1 fully saturated rings. The fourth-order valence-electron chi connectivity index (χ4n) is 3.51. The predicted octanol–water partition coefficient (Wildman–Crippen LogP) is 6.23. The van der Waals surface area contributed by atoms with Gasteiger partial charge in [-0.05, 0) is 51.7 Å². The topological polar surface area (TPSA) is 29.5 Å². The third-order valence-electron chi connectivity index (χ3n) is 4.74. The van der Waals surface area contributed by atoms with Crippen LogP contribution < -0.4 is 0 Å². The van der Waals surface area contributed by atoms with Gasteiger partial charge in [0.15, 0.2) is 11.6 Å². The summed E-state index contributed by atoms with van der Waals surface area (Å²) in [6.07, 6.45) is 1.08. The van der Waals surface area contributed by atoms with Crippen LogP contribution in [0.4, 0.5) is 18.0 Å². The quantitative estimate of drug-likeness (QED) is 0.568. The number of likely N-dealkylation sites (tertiary alicyclic amines) is 1. The van der Waals surface area contributed by atoms with E-state index in [4.69, 9.17) is 4.74 Å². The molecule has 0 radical (unpaired) electrons. The second kappa shape index (κ2) is 7.86. The van der Waals surface area contributed by atoms with Crippen molar-refractivity contribution in [1.82, 2.24) is 4.90 Å². The minimum Gasteiger partial charge on any atom is -0.444 e. The van der Waals surface area contributed by atoms with E-state index < -0.39 is 40.8 Å². The molecule has 1 unspecified atom stereocenters. The van der Waals surface area contributed by atoms with Crippen molar-refractivity contribution in [3.8, 4) is 11.1 Å². The Labute approximate surface area is 163 Å². The first-order valence-electron chi connectivity index (χ1n) is 9.41. The average molecular weight is 391 g/mol. The lowest BCUT2D eigenvalue weighted by Crippen LogP contribution is -2.42. The summed E-state index contributed by atoms with van der Waals surface area (Å²) in [5.41, 5.74) is -0.905. The van der Waals surface area contributed by atoms with Gasteiger partial charge in [-0.25, -0.2) is 18.0 Å². The molecule has 0 aliphatic carbocycles. The van der Waals surface area contributed by atoms with Crippen molar-refractivity contribution >= 4 is 6.09 Å². The van der Waals surface area contributed by atoms with E-state index >= 15 is 0 Å². The number of nitrogens with zero attached hydrogens (tertiary/aromatic N) is 1. The van der Waals surface area contributed by atoms with Gasteiger partial charge in [-0.15, -0.1) is 0 Å². The second-order valence-corrected chi connectivity index (χ2v) is 8.00. The number of carbonyl (C=O) groups is 1. The van der Waals surface area contributed by atoms with E-state index in [1.54, 1.807) is 51.1 Å². The summed E-state index contributed by atoms with van der Waals surface area (Å²) >= 11 is 0. The molecule has 2 aromatic rings. The fourth-order valence-corrected chi connectivity index (χ4v) is 3.51. The van der Waals surface area contributed by atoms with Gasteiger partial charge in [-0.1, -0.05) is 30.3 Å². The maximum absolute atomic E-state index is 15.0. The van der Waals surface area contributed by atoms with Crippen LogP contribution in [0.1, 0.15) is 51.6 Å². The highest BCUT2D eigenvalue weighted by Crippen LogP contribution is 2.38. The van der Waals surface area contributed by atoms with E-state index in [2.05, 4.69) is 0 Å². The SMILES string of the molecule is CC(C)(C)OC(=O)N1CCCCC1c1c(F)cc(-c2ccccc2)c(F)c1F. The van der Waals surface area contributed by atoms with Crippen LogP contribution in [0.3, 0.4) is 0 Å². The molecule has 0 bridgehead atoms. The monoisotopic (exact) mass is 391 g/mol. The molecule has 150 valence electrons. The molecule has 1 aliphatic heterocycles. The zero-order valence-electron chi connectivity index (χ0n) is 16.3. The summed E-state index contributed by atoms with van der Waals surface area (Å²) in [5.74, 6) is -3.23. The standard InChI is InChI=1S/C22H24F3NO2/c1-22(2,3)28-21(27)26-12-8-7-11-17(26)18-16(23)13-15(19(24)20(18)25)14-9-5-4-6-10-14/h4-6,9-10,13,17H,7-8,11-12H2,1-3H3. The Morgan fingerprint density at radius 2 is 1.75 bits per heavy atom. The van der Waals surface area contributed by atoms with Crippen LogP contribution in [0.15, 0.2) is 36.4 Å². The third kappa shape index (κ3) is 4.16. The summed E-state index contributed by atoms with van der Waals surface area (Å²) < 4.78 is 50.1. The van der Waals surface area contributed by atoms with E-state index in [0.29, 0.717) is 31.4 Å². The molecule has 3 rings (SSSR count). The van der Waals surface area contributed by atoms with Crippen LogP contribution in [0.2, 0.25) is 0 Å². The molecular weight excluding hydrogens is 367 g/mol. The highest BCUT2D eigenvalue weighted by Gasteiger charge is 2.36. The lowest BCUT2D eigenvalue weighted by molar-refractivity contribution is 0.00866. The minimum absolute atomic E-state index is 0.140. The zero-order chi connectivity index (χ0) is 20.5. The molecule has 1 saturated heterocycles. The second-order valence-electron chi connectivity index (χ2n) is 8.00. The molecule has 1 atom stereocenters. The van der Waals surface area contributed by atoms with E-state index in [1.165, 1.54) is 4.90 Å². The Hall–Kier alpha value is -2.50. The molecule has 0 saturated carbocycles. The van der Waals surface area contributed by atoms with Gasteiger partial charge in [0.05, 0.1) is 6.04 Å². The highest BCUT2D eigenvalue weighted by atomic mass is 19.2. The van der Waals surface area contributed by atoms with Gasteiger partial charge in [0.1, 0.15) is 11.4 Å². The van der Waals surface area contributed by atoms with Gasteiger partial charge in [0.25, 0.3) is 0 Å². The first kappa shape index (κ1) is 20.2. The molecule has 0 N–H and O–H groups in total. The Morgan fingerprint density at radius 1 is 1.07 bits per heavy atom. The third-order valence-corrected chi connectivity index (χ3v) is 4.74. The van der Waals surface area contributed by atoms with Crippen LogP contribution in [-0.2, 0) is 4.74 Å². The van der Waals surface area contributed by atoms with Gasteiger partial charge >= 0.3 is 6.09 Å². The lowest BCUT2D eigenvalue weighted by Gasteiger charge is -2.37. The van der Waals surface area contributed by atoms with Crippen LogP contribution in [-0.4, -0.2) is 23.1 Å². The first-order valence-corrected chi connectivity index (χ1v) is 9.41. The molecule has 0 spiro atoms. The van der Waals surface area contributed by atoms with Crippen LogP contribution in [0.25, 0.3) is 11.1 Å². The molecule has 6 heteroatoms. The van der Waals surface area contributed by atoms with Crippen LogP contribution in [0.5, 0.6) is 0 Å². The van der Waals surface area contributed by atoms with Gasteiger partial charge in [0.2, 0.25) is 0 Å². The molecular formula is C22H24F3NO2. The molecule has 0 aromatic heterocycles. The van der Waals surface area contributed by atoms with Gasteiger partial charge < -0.3 is 9.64 Å². The number of amides is 1. The minimum atomic E-state index is -1.25. The van der Waals surface area contributed by atoms with Gasteiger partial charge in [0, 0.05) is 17.7 Å². The molecule has 1 aliphatic rings. The summed E-state index contributed by atoms with van der Waals surface area (Å²) in [7, 11) is 0. The van der Waals surface area contributed by atoms with Gasteiger partial charge in [-0.3, -0.25) is 0 Å². The van der Waals surface area contributed by atoms with E-state index in [9.17, 15) is 18.0 Å². The Kier molecular flexibility index (Phi) is 5.68.